The minimum Gasteiger partial charge on any atom is -0.480 e. The molecule has 0 aliphatic heterocycles. The summed E-state index contributed by atoms with van der Waals surface area (Å²) in [5.41, 5.74) is 0.287. The predicted octanol–water partition coefficient (Wildman–Crippen LogP) is 1.64. The van der Waals surface area contributed by atoms with E-state index in [4.69, 9.17) is 9.52 Å². The van der Waals surface area contributed by atoms with Gasteiger partial charge in [0.25, 0.3) is 5.91 Å². The number of hydrogen-bond acceptors (Lipinski definition) is 3. The van der Waals surface area contributed by atoms with E-state index in [-0.39, 0.29) is 5.56 Å². The number of furan rings is 1. The van der Waals surface area contributed by atoms with Crippen molar-refractivity contribution in [2.24, 2.45) is 0 Å². The molecule has 1 amide bonds. The fraction of sp³-hybridized carbons (Fsp3) is 0.333. The van der Waals surface area contributed by atoms with Crippen molar-refractivity contribution in [2.45, 2.75) is 19.4 Å². The topological polar surface area (TPSA) is 79.5 Å². The van der Waals surface area contributed by atoms with Crippen LogP contribution in [0.25, 0.3) is 0 Å². The van der Waals surface area contributed by atoms with Gasteiger partial charge in [-0.1, -0.05) is 6.92 Å². The maximum atomic E-state index is 11.5. The van der Waals surface area contributed by atoms with Crippen molar-refractivity contribution in [3.05, 3.63) is 22.6 Å². The molecular weight excluding hydrogens is 266 g/mol. The molecule has 6 heteroatoms. The Morgan fingerprint density at radius 2 is 2.33 bits per heavy atom. The molecular formula is C9H10BrNO4. The predicted molar refractivity (Wildman–Crippen MR) is 55.6 cm³/mol. The number of nitrogens with one attached hydrogen (secondary N) is 1. The lowest BCUT2D eigenvalue weighted by Gasteiger charge is -2.11. The first-order chi connectivity index (χ1) is 7.06. The second-order valence-electron chi connectivity index (χ2n) is 2.88. The molecule has 0 saturated heterocycles. The first-order valence-corrected chi connectivity index (χ1v) is 5.12. The Kier molecular flexibility index (Phi) is 3.90. The van der Waals surface area contributed by atoms with E-state index in [1.165, 1.54) is 12.3 Å². The highest BCUT2D eigenvalue weighted by Gasteiger charge is 2.20. The maximum Gasteiger partial charge on any atom is 0.326 e. The van der Waals surface area contributed by atoms with Gasteiger partial charge >= 0.3 is 5.97 Å². The molecule has 1 aromatic heterocycles. The number of rotatable bonds is 4. The number of amides is 1. The molecule has 1 heterocycles. The molecule has 0 fully saturated rings. The Hall–Kier alpha value is -1.30. The molecule has 15 heavy (non-hydrogen) atoms. The number of carboxylic acids is 1. The van der Waals surface area contributed by atoms with Crippen molar-refractivity contribution in [1.29, 1.82) is 0 Å². The first-order valence-electron chi connectivity index (χ1n) is 4.33. The van der Waals surface area contributed by atoms with Crippen LogP contribution in [0.2, 0.25) is 0 Å². The molecule has 5 nitrogen and oxygen atoms in total. The molecule has 1 atom stereocenters. The molecule has 0 aliphatic rings. The SMILES string of the molecule is CC[C@H](NC(=O)c1ccoc1Br)C(=O)O. The van der Waals surface area contributed by atoms with E-state index in [0.29, 0.717) is 11.1 Å². The third-order valence-corrected chi connectivity index (χ3v) is 2.49. The van der Waals surface area contributed by atoms with Crippen LogP contribution >= 0.6 is 15.9 Å². The summed E-state index contributed by atoms with van der Waals surface area (Å²) in [5, 5.41) is 11.1. The molecule has 82 valence electrons. The minimum atomic E-state index is -1.05. The van der Waals surface area contributed by atoms with E-state index >= 15 is 0 Å². The van der Waals surface area contributed by atoms with E-state index in [2.05, 4.69) is 21.2 Å². The van der Waals surface area contributed by atoms with Crippen molar-refractivity contribution >= 4 is 27.8 Å². The zero-order chi connectivity index (χ0) is 11.4. The van der Waals surface area contributed by atoms with E-state index in [1.54, 1.807) is 6.92 Å². The van der Waals surface area contributed by atoms with E-state index in [9.17, 15) is 9.59 Å². The highest BCUT2D eigenvalue weighted by Crippen LogP contribution is 2.17. The molecule has 0 spiro atoms. The Morgan fingerprint density at radius 3 is 2.73 bits per heavy atom. The summed E-state index contributed by atoms with van der Waals surface area (Å²) in [4.78, 5) is 22.2. The lowest BCUT2D eigenvalue weighted by Crippen LogP contribution is -2.40. The zero-order valence-electron chi connectivity index (χ0n) is 7.99. The van der Waals surface area contributed by atoms with Gasteiger partial charge in [0, 0.05) is 0 Å². The van der Waals surface area contributed by atoms with Gasteiger partial charge in [-0.3, -0.25) is 4.79 Å². The first kappa shape index (κ1) is 11.8. The van der Waals surface area contributed by atoms with Gasteiger partial charge in [-0.2, -0.15) is 0 Å². The number of carboxylic acid groups (broad SMARTS) is 1. The van der Waals surface area contributed by atoms with Crippen LogP contribution in [0.4, 0.5) is 0 Å². The van der Waals surface area contributed by atoms with Gasteiger partial charge in [-0.25, -0.2) is 4.79 Å². The number of carbonyl (C=O) groups excluding carboxylic acids is 1. The summed E-state index contributed by atoms with van der Waals surface area (Å²) < 4.78 is 5.16. The van der Waals surface area contributed by atoms with Crippen LogP contribution in [-0.2, 0) is 4.79 Å². The van der Waals surface area contributed by atoms with Crippen molar-refractivity contribution in [1.82, 2.24) is 5.32 Å². The van der Waals surface area contributed by atoms with Gasteiger partial charge in [0.05, 0.1) is 11.8 Å². The smallest absolute Gasteiger partial charge is 0.326 e. The second kappa shape index (κ2) is 4.97. The summed E-state index contributed by atoms with van der Waals surface area (Å²) in [6.07, 6.45) is 1.68. The average Bonchev–Trinajstić information content (AvgIpc) is 2.60. The van der Waals surface area contributed by atoms with Crippen LogP contribution in [0, 0.1) is 0 Å². The molecule has 0 saturated carbocycles. The molecule has 2 N–H and O–H groups in total. The Morgan fingerprint density at radius 1 is 1.67 bits per heavy atom. The van der Waals surface area contributed by atoms with E-state index in [1.807, 2.05) is 0 Å². The van der Waals surface area contributed by atoms with Crippen LogP contribution < -0.4 is 5.32 Å². The van der Waals surface area contributed by atoms with Gasteiger partial charge in [-0.15, -0.1) is 0 Å². The van der Waals surface area contributed by atoms with Gasteiger partial charge in [0.15, 0.2) is 4.67 Å². The highest BCUT2D eigenvalue weighted by atomic mass is 79.9. The molecule has 1 rings (SSSR count). The van der Waals surface area contributed by atoms with Gasteiger partial charge in [0.2, 0.25) is 0 Å². The fourth-order valence-electron chi connectivity index (χ4n) is 1.03. The van der Waals surface area contributed by atoms with E-state index in [0.717, 1.165) is 0 Å². The zero-order valence-corrected chi connectivity index (χ0v) is 9.58. The van der Waals surface area contributed by atoms with Crippen molar-refractivity contribution in [3.8, 4) is 0 Å². The second-order valence-corrected chi connectivity index (χ2v) is 3.60. The molecule has 0 aromatic carbocycles. The van der Waals surface area contributed by atoms with Crippen molar-refractivity contribution in [3.63, 3.8) is 0 Å². The van der Waals surface area contributed by atoms with Crippen LogP contribution in [-0.4, -0.2) is 23.0 Å². The normalized spacial score (nSPS) is 12.1. The lowest BCUT2D eigenvalue weighted by atomic mass is 10.2. The largest absolute Gasteiger partial charge is 0.480 e. The molecule has 0 unspecified atom stereocenters. The Balaban J connectivity index is 2.71. The summed E-state index contributed by atoms with van der Waals surface area (Å²) in [5.74, 6) is -1.52. The average molecular weight is 276 g/mol. The molecule has 1 aromatic rings. The van der Waals surface area contributed by atoms with Crippen LogP contribution in [0.1, 0.15) is 23.7 Å². The lowest BCUT2D eigenvalue weighted by molar-refractivity contribution is -0.139. The van der Waals surface area contributed by atoms with Crippen LogP contribution in [0.5, 0.6) is 0 Å². The number of hydrogen-bond donors (Lipinski definition) is 2. The minimum absolute atomic E-state index is 0.287. The molecule has 0 radical (unpaired) electrons. The number of halogens is 1. The van der Waals surface area contributed by atoms with Gasteiger partial charge in [-0.05, 0) is 28.4 Å². The third-order valence-electron chi connectivity index (χ3n) is 1.87. The van der Waals surface area contributed by atoms with Crippen LogP contribution in [0.15, 0.2) is 21.4 Å². The molecule has 0 bridgehead atoms. The molecule has 0 aliphatic carbocycles. The number of carbonyl (C=O) groups is 2. The Labute approximate surface area is 94.6 Å². The van der Waals surface area contributed by atoms with Crippen molar-refractivity contribution < 1.29 is 19.1 Å². The summed E-state index contributed by atoms with van der Waals surface area (Å²) >= 11 is 3.04. The highest BCUT2D eigenvalue weighted by molar-refractivity contribution is 9.10. The Bertz CT molecular complexity index is 374. The van der Waals surface area contributed by atoms with E-state index < -0.39 is 17.9 Å². The monoisotopic (exact) mass is 275 g/mol. The van der Waals surface area contributed by atoms with Gasteiger partial charge < -0.3 is 14.8 Å². The fourth-order valence-corrected chi connectivity index (χ4v) is 1.45. The van der Waals surface area contributed by atoms with Gasteiger partial charge in [0.1, 0.15) is 6.04 Å². The van der Waals surface area contributed by atoms with Crippen molar-refractivity contribution in [2.75, 3.05) is 0 Å². The maximum absolute atomic E-state index is 11.5. The number of aliphatic carboxylic acids is 1. The summed E-state index contributed by atoms with van der Waals surface area (Å²) in [7, 11) is 0. The summed E-state index contributed by atoms with van der Waals surface area (Å²) in [6.45, 7) is 1.68. The van der Waals surface area contributed by atoms with Crippen LogP contribution in [0.3, 0.4) is 0 Å². The standard InChI is InChI=1S/C9H10BrNO4/c1-2-6(9(13)14)11-8(12)5-3-4-15-7(5)10/h3-4,6H,2H2,1H3,(H,11,12)(H,13,14)/t6-/m0/s1. The quantitative estimate of drug-likeness (QED) is 0.876. The third kappa shape index (κ3) is 2.82. The summed E-state index contributed by atoms with van der Waals surface area (Å²) in [6, 6.07) is 0.591.